The Hall–Kier alpha value is -2.22. The van der Waals surface area contributed by atoms with Gasteiger partial charge in [-0.3, -0.25) is 4.79 Å². The molecule has 0 aliphatic heterocycles. The zero-order valence-corrected chi connectivity index (χ0v) is 11.2. The van der Waals surface area contributed by atoms with E-state index in [9.17, 15) is 18.0 Å². The first-order chi connectivity index (χ1) is 9.81. The number of nitrogens with zero attached hydrogens (tertiary/aromatic N) is 3. The molecule has 0 amide bonds. The minimum absolute atomic E-state index is 0.0980. The molecule has 0 spiro atoms. The van der Waals surface area contributed by atoms with Crippen LogP contribution in [0.25, 0.3) is 0 Å². The molecular formula is C13H13F3N4O. The number of nitrogens with two attached hydrogens (primary N) is 1. The number of rotatable bonds is 4. The second-order valence-electron chi connectivity index (χ2n) is 4.56. The molecule has 0 saturated heterocycles. The molecule has 0 radical (unpaired) electrons. The lowest BCUT2D eigenvalue weighted by Crippen LogP contribution is -2.13. The molecule has 0 atom stereocenters. The number of alkyl halides is 3. The monoisotopic (exact) mass is 298 g/mol. The van der Waals surface area contributed by atoms with Gasteiger partial charge in [0.25, 0.3) is 0 Å². The molecule has 2 rings (SSSR count). The molecule has 8 heteroatoms. The van der Waals surface area contributed by atoms with E-state index in [0.29, 0.717) is 5.69 Å². The first kappa shape index (κ1) is 15.2. The van der Waals surface area contributed by atoms with E-state index in [1.54, 1.807) is 0 Å². The van der Waals surface area contributed by atoms with Gasteiger partial charge in [0, 0.05) is 12.1 Å². The minimum atomic E-state index is -4.42. The molecular weight excluding hydrogens is 285 g/mol. The van der Waals surface area contributed by atoms with Gasteiger partial charge in [-0.25, -0.2) is 4.68 Å². The number of aryl methyl sites for hydroxylation is 1. The highest BCUT2D eigenvalue weighted by Crippen LogP contribution is 2.30. The van der Waals surface area contributed by atoms with Crippen molar-refractivity contribution in [1.82, 2.24) is 15.0 Å². The summed E-state index contributed by atoms with van der Waals surface area (Å²) >= 11 is 0. The Kier molecular flexibility index (Phi) is 4.08. The Labute approximate surface area is 118 Å². The summed E-state index contributed by atoms with van der Waals surface area (Å²) in [4.78, 5) is 12.1. The van der Waals surface area contributed by atoms with Gasteiger partial charge in [-0.15, -0.1) is 5.10 Å². The topological polar surface area (TPSA) is 73.8 Å². The number of aromatic nitrogens is 3. The summed E-state index contributed by atoms with van der Waals surface area (Å²) < 4.78 is 39.0. The summed E-state index contributed by atoms with van der Waals surface area (Å²) in [5, 5.41) is 7.46. The van der Waals surface area contributed by atoms with Crippen LogP contribution in [0.3, 0.4) is 0 Å². The maximum atomic E-state index is 12.6. The van der Waals surface area contributed by atoms with E-state index in [1.807, 2.05) is 0 Å². The van der Waals surface area contributed by atoms with Gasteiger partial charge in [-0.2, -0.15) is 13.2 Å². The van der Waals surface area contributed by atoms with Crippen molar-refractivity contribution in [3.05, 3.63) is 46.8 Å². The highest BCUT2D eigenvalue weighted by Gasteiger charge is 2.31. The van der Waals surface area contributed by atoms with Gasteiger partial charge in [0.1, 0.15) is 6.54 Å². The third kappa shape index (κ3) is 3.46. The molecule has 2 aromatic rings. The van der Waals surface area contributed by atoms with Crippen LogP contribution in [0, 0.1) is 6.92 Å². The Morgan fingerprint density at radius 2 is 2.10 bits per heavy atom. The van der Waals surface area contributed by atoms with E-state index in [-0.39, 0.29) is 30.0 Å². The molecule has 0 aliphatic rings. The lowest BCUT2D eigenvalue weighted by molar-refractivity contribution is -0.137. The Bertz CT molecular complexity index is 664. The molecule has 21 heavy (non-hydrogen) atoms. The predicted molar refractivity (Wildman–Crippen MR) is 68.4 cm³/mol. The summed E-state index contributed by atoms with van der Waals surface area (Å²) in [6.45, 7) is 1.57. The van der Waals surface area contributed by atoms with E-state index in [0.717, 1.165) is 12.1 Å². The van der Waals surface area contributed by atoms with Crippen LogP contribution in [-0.4, -0.2) is 20.8 Å². The molecule has 0 fully saturated rings. The molecule has 1 aromatic carbocycles. The van der Waals surface area contributed by atoms with Crippen LogP contribution in [0.15, 0.2) is 24.4 Å². The summed E-state index contributed by atoms with van der Waals surface area (Å²) in [6, 6.07) is 3.04. The van der Waals surface area contributed by atoms with E-state index >= 15 is 0 Å². The van der Waals surface area contributed by atoms with Crippen molar-refractivity contribution in [1.29, 1.82) is 0 Å². The standard InChI is InChI=1S/C13H13F3N4O/c1-8-4-9(13(14,15)16)2-3-11(8)12(21)7-20-6-10(5-17)18-19-20/h2-4,6H,5,7,17H2,1H3. The smallest absolute Gasteiger partial charge is 0.325 e. The van der Waals surface area contributed by atoms with E-state index in [2.05, 4.69) is 10.3 Å². The molecule has 0 unspecified atom stereocenters. The number of Topliss-reactive ketones (excluding diaryl/α,β-unsaturated/α-hetero) is 1. The number of hydrogen-bond acceptors (Lipinski definition) is 4. The zero-order chi connectivity index (χ0) is 15.6. The highest BCUT2D eigenvalue weighted by atomic mass is 19.4. The fourth-order valence-electron chi connectivity index (χ4n) is 1.89. The van der Waals surface area contributed by atoms with Crippen LogP contribution in [0.2, 0.25) is 0 Å². The zero-order valence-electron chi connectivity index (χ0n) is 11.2. The summed E-state index contributed by atoms with van der Waals surface area (Å²) in [5.41, 5.74) is 5.64. The highest BCUT2D eigenvalue weighted by molar-refractivity contribution is 5.97. The molecule has 0 aliphatic carbocycles. The first-order valence-electron chi connectivity index (χ1n) is 6.11. The van der Waals surface area contributed by atoms with Crippen molar-refractivity contribution in [3.8, 4) is 0 Å². The van der Waals surface area contributed by atoms with Crippen LogP contribution in [0.5, 0.6) is 0 Å². The van der Waals surface area contributed by atoms with Gasteiger partial charge < -0.3 is 5.73 Å². The fraction of sp³-hybridized carbons (Fsp3) is 0.308. The molecule has 1 aromatic heterocycles. The normalized spacial score (nSPS) is 11.7. The van der Waals surface area contributed by atoms with Crippen molar-refractivity contribution in [2.45, 2.75) is 26.2 Å². The first-order valence-corrected chi connectivity index (χ1v) is 6.11. The van der Waals surface area contributed by atoms with Crippen molar-refractivity contribution in [2.75, 3.05) is 0 Å². The van der Waals surface area contributed by atoms with E-state index in [1.165, 1.54) is 23.9 Å². The van der Waals surface area contributed by atoms with Crippen LogP contribution in [0.4, 0.5) is 13.2 Å². The number of halogens is 3. The molecule has 0 bridgehead atoms. The number of benzene rings is 1. The third-order valence-electron chi connectivity index (χ3n) is 2.95. The van der Waals surface area contributed by atoms with Crippen molar-refractivity contribution < 1.29 is 18.0 Å². The van der Waals surface area contributed by atoms with Gasteiger partial charge in [0.15, 0.2) is 5.78 Å². The van der Waals surface area contributed by atoms with Gasteiger partial charge in [-0.1, -0.05) is 11.3 Å². The van der Waals surface area contributed by atoms with Crippen molar-refractivity contribution in [2.24, 2.45) is 5.73 Å². The fourth-order valence-corrected chi connectivity index (χ4v) is 1.89. The van der Waals surface area contributed by atoms with E-state index < -0.39 is 11.7 Å². The van der Waals surface area contributed by atoms with Crippen molar-refractivity contribution in [3.63, 3.8) is 0 Å². The SMILES string of the molecule is Cc1cc(C(F)(F)F)ccc1C(=O)Cn1cc(CN)nn1. The number of hydrogen-bond donors (Lipinski definition) is 1. The second-order valence-corrected chi connectivity index (χ2v) is 4.56. The maximum absolute atomic E-state index is 12.6. The second kappa shape index (κ2) is 5.65. The Morgan fingerprint density at radius 1 is 1.38 bits per heavy atom. The average Bonchev–Trinajstić information content (AvgIpc) is 2.85. The summed E-state index contributed by atoms with van der Waals surface area (Å²) in [5.74, 6) is -0.338. The van der Waals surface area contributed by atoms with Crippen molar-refractivity contribution >= 4 is 5.78 Å². The molecule has 2 N–H and O–H groups in total. The average molecular weight is 298 g/mol. The quantitative estimate of drug-likeness (QED) is 0.876. The number of carbonyl (C=O) groups excluding carboxylic acids is 1. The summed E-state index contributed by atoms with van der Waals surface area (Å²) in [7, 11) is 0. The minimum Gasteiger partial charge on any atom is -0.325 e. The Balaban J connectivity index is 2.19. The lowest BCUT2D eigenvalue weighted by Gasteiger charge is -2.10. The number of ketones is 1. The molecule has 0 saturated carbocycles. The van der Waals surface area contributed by atoms with Crippen LogP contribution in [0.1, 0.15) is 27.2 Å². The Morgan fingerprint density at radius 3 is 2.62 bits per heavy atom. The van der Waals surface area contributed by atoms with Gasteiger partial charge >= 0.3 is 6.18 Å². The lowest BCUT2D eigenvalue weighted by atomic mass is 10.0. The van der Waals surface area contributed by atoms with Gasteiger partial charge in [-0.05, 0) is 24.6 Å². The predicted octanol–water partition coefficient (Wildman–Crippen LogP) is 1.95. The number of carbonyl (C=O) groups is 1. The molecule has 1 heterocycles. The molecule has 5 nitrogen and oxygen atoms in total. The van der Waals surface area contributed by atoms with Crippen LogP contribution < -0.4 is 5.73 Å². The maximum Gasteiger partial charge on any atom is 0.416 e. The van der Waals surface area contributed by atoms with Crippen LogP contribution >= 0.6 is 0 Å². The van der Waals surface area contributed by atoms with Gasteiger partial charge in [0.2, 0.25) is 0 Å². The summed E-state index contributed by atoms with van der Waals surface area (Å²) in [6.07, 6.45) is -2.90. The van der Waals surface area contributed by atoms with Crippen LogP contribution in [-0.2, 0) is 19.3 Å². The van der Waals surface area contributed by atoms with E-state index in [4.69, 9.17) is 5.73 Å². The molecule has 112 valence electrons. The largest absolute Gasteiger partial charge is 0.416 e. The van der Waals surface area contributed by atoms with Gasteiger partial charge in [0.05, 0.1) is 17.5 Å². The third-order valence-corrected chi connectivity index (χ3v) is 2.95.